The van der Waals surface area contributed by atoms with Crippen molar-refractivity contribution in [2.75, 3.05) is 10.7 Å². The van der Waals surface area contributed by atoms with Crippen LogP contribution in [0, 0.1) is 9.39 Å². The Kier molecular flexibility index (Phi) is 4.52. The van der Waals surface area contributed by atoms with E-state index in [2.05, 4.69) is 15.7 Å². The molecular formula is C12H9F4IN4. The molecule has 0 fully saturated rings. The number of nitrogens with one attached hydrogen (secondary N) is 2. The summed E-state index contributed by atoms with van der Waals surface area (Å²) in [7, 11) is 0. The van der Waals surface area contributed by atoms with Gasteiger partial charge in [0.05, 0.1) is 11.3 Å². The lowest BCUT2D eigenvalue weighted by molar-refractivity contribution is -0.137. The van der Waals surface area contributed by atoms with Gasteiger partial charge in [0.25, 0.3) is 0 Å². The van der Waals surface area contributed by atoms with E-state index < -0.39 is 17.6 Å². The summed E-state index contributed by atoms with van der Waals surface area (Å²) in [6.07, 6.45) is -4.53. The number of alkyl halides is 3. The second kappa shape index (κ2) is 6.02. The number of hydrazine groups is 1. The van der Waals surface area contributed by atoms with Gasteiger partial charge in [0, 0.05) is 3.57 Å². The standard InChI is InChI=1S/C12H9F4IN4/c13-7-1-2-9(8(17)5-7)19-10-3-6(12(14,15)16)4-11(20-10)21-18/h1-5H,18H2,(H2,19,20,21). The minimum Gasteiger partial charge on any atom is -0.339 e. The average Bonchev–Trinajstić information content (AvgIpc) is 2.40. The van der Waals surface area contributed by atoms with Gasteiger partial charge in [-0.2, -0.15) is 13.2 Å². The number of benzene rings is 1. The van der Waals surface area contributed by atoms with Gasteiger partial charge < -0.3 is 10.7 Å². The molecule has 0 bridgehead atoms. The maximum absolute atomic E-state index is 13.0. The summed E-state index contributed by atoms with van der Waals surface area (Å²) in [4.78, 5) is 3.88. The van der Waals surface area contributed by atoms with E-state index in [1.807, 2.05) is 22.6 Å². The van der Waals surface area contributed by atoms with Crippen molar-refractivity contribution in [3.63, 3.8) is 0 Å². The third-order valence-corrected chi connectivity index (χ3v) is 3.39. The molecule has 0 aliphatic heterocycles. The highest BCUT2D eigenvalue weighted by molar-refractivity contribution is 14.1. The number of hydrogen-bond acceptors (Lipinski definition) is 4. The van der Waals surface area contributed by atoms with E-state index in [-0.39, 0.29) is 11.6 Å². The fourth-order valence-corrected chi connectivity index (χ4v) is 2.17. The summed E-state index contributed by atoms with van der Waals surface area (Å²) in [6, 6.07) is 5.49. The van der Waals surface area contributed by atoms with Gasteiger partial charge in [0.2, 0.25) is 0 Å². The SMILES string of the molecule is NNc1cc(C(F)(F)F)cc(Nc2ccc(F)cc2I)n1. The molecule has 1 heterocycles. The first-order chi connectivity index (χ1) is 9.79. The number of nitrogens with two attached hydrogens (primary N) is 1. The number of aromatic nitrogens is 1. The van der Waals surface area contributed by atoms with Crippen LogP contribution in [0.4, 0.5) is 34.9 Å². The highest BCUT2D eigenvalue weighted by Crippen LogP contribution is 2.33. The monoisotopic (exact) mass is 412 g/mol. The van der Waals surface area contributed by atoms with Crippen LogP contribution >= 0.6 is 22.6 Å². The van der Waals surface area contributed by atoms with Gasteiger partial charge in [-0.15, -0.1) is 0 Å². The maximum Gasteiger partial charge on any atom is 0.416 e. The van der Waals surface area contributed by atoms with Crippen molar-refractivity contribution in [1.82, 2.24) is 4.98 Å². The summed E-state index contributed by atoms with van der Waals surface area (Å²) in [5, 5.41) is 2.71. The van der Waals surface area contributed by atoms with Gasteiger partial charge in [0.1, 0.15) is 17.5 Å². The van der Waals surface area contributed by atoms with Crippen molar-refractivity contribution >= 4 is 39.9 Å². The average molecular weight is 412 g/mol. The molecule has 4 N–H and O–H groups in total. The Morgan fingerprint density at radius 3 is 2.33 bits per heavy atom. The predicted octanol–water partition coefficient (Wildman–Crippen LogP) is 3.87. The molecule has 4 nitrogen and oxygen atoms in total. The molecule has 1 aromatic carbocycles. The van der Waals surface area contributed by atoms with Crippen molar-refractivity contribution in [2.24, 2.45) is 5.84 Å². The van der Waals surface area contributed by atoms with Gasteiger partial charge in [-0.3, -0.25) is 0 Å². The second-order valence-electron chi connectivity index (χ2n) is 4.02. The Balaban J connectivity index is 2.39. The van der Waals surface area contributed by atoms with Crippen molar-refractivity contribution in [1.29, 1.82) is 0 Å². The molecule has 2 rings (SSSR count). The molecular weight excluding hydrogens is 403 g/mol. The van der Waals surface area contributed by atoms with E-state index in [1.54, 1.807) is 0 Å². The first-order valence-corrected chi connectivity index (χ1v) is 6.65. The molecule has 21 heavy (non-hydrogen) atoms. The van der Waals surface area contributed by atoms with Gasteiger partial charge in [-0.25, -0.2) is 15.2 Å². The molecule has 0 aliphatic carbocycles. The summed E-state index contributed by atoms with van der Waals surface area (Å²) in [6.45, 7) is 0. The van der Waals surface area contributed by atoms with Gasteiger partial charge in [-0.1, -0.05) is 0 Å². The van der Waals surface area contributed by atoms with E-state index in [9.17, 15) is 17.6 Å². The molecule has 0 atom stereocenters. The van der Waals surface area contributed by atoms with Crippen molar-refractivity contribution in [3.05, 3.63) is 45.3 Å². The number of halogens is 5. The van der Waals surface area contributed by atoms with Crippen molar-refractivity contribution < 1.29 is 17.6 Å². The van der Waals surface area contributed by atoms with Crippen LogP contribution in [-0.2, 0) is 6.18 Å². The zero-order valence-electron chi connectivity index (χ0n) is 10.3. The van der Waals surface area contributed by atoms with Crippen LogP contribution in [0.1, 0.15) is 5.56 Å². The molecule has 0 aliphatic rings. The van der Waals surface area contributed by atoms with E-state index in [0.29, 0.717) is 9.26 Å². The first kappa shape index (κ1) is 15.8. The van der Waals surface area contributed by atoms with Crippen molar-refractivity contribution in [2.45, 2.75) is 6.18 Å². The van der Waals surface area contributed by atoms with Crippen LogP contribution in [-0.4, -0.2) is 4.98 Å². The van der Waals surface area contributed by atoms with Gasteiger partial charge in [-0.05, 0) is 52.9 Å². The molecule has 0 radical (unpaired) electrons. The van der Waals surface area contributed by atoms with Gasteiger partial charge in [0.15, 0.2) is 0 Å². The highest BCUT2D eigenvalue weighted by atomic mass is 127. The third kappa shape index (κ3) is 3.94. The molecule has 1 aromatic heterocycles. The molecule has 0 unspecified atom stereocenters. The van der Waals surface area contributed by atoms with Crippen LogP contribution in [0.15, 0.2) is 30.3 Å². The molecule has 2 aromatic rings. The lowest BCUT2D eigenvalue weighted by Gasteiger charge is -2.13. The number of rotatable bonds is 3. The summed E-state index contributed by atoms with van der Waals surface area (Å²) >= 11 is 1.86. The lowest BCUT2D eigenvalue weighted by atomic mass is 10.2. The normalized spacial score (nSPS) is 11.3. The van der Waals surface area contributed by atoms with Crippen molar-refractivity contribution in [3.8, 4) is 0 Å². The minimum atomic E-state index is -4.53. The van der Waals surface area contributed by atoms with Gasteiger partial charge >= 0.3 is 6.18 Å². The molecule has 0 saturated carbocycles. The molecule has 0 spiro atoms. The van der Waals surface area contributed by atoms with E-state index in [0.717, 1.165) is 12.1 Å². The number of nitrogen functional groups attached to an aromatic ring is 1. The number of pyridine rings is 1. The number of hydrogen-bond donors (Lipinski definition) is 3. The van der Waals surface area contributed by atoms with Crippen LogP contribution in [0.25, 0.3) is 0 Å². The minimum absolute atomic E-state index is 0.0534. The fraction of sp³-hybridized carbons (Fsp3) is 0.0833. The Morgan fingerprint density at radius 1 is 1.10 bits per heavy atom. The second-order valence-corrected chi connectivity index (χ2v) is 5.18. The Labute approximate surface area is 130 Å². The van der Waals surface area contributed by atoms with Crippen LogP contribution in [0.2, 0.25) is 0 Å². The van der Waals surface area contributed by atoms with E-state index in [1.165, 1.54) is 18.2 Å². The predicted molar refractivity (Wildman–Crippen MR) is 79.4 cm³/mol. The topological polar surface area (TPSA) is 63.0 Å². The van der Waals surface area contributed by atoms with Crippen LogP contribution < -0.4 is 16.6 Å². The number of anilines is 3. The summed E-state index contributed by atoms with van der Waals surface area (Å²) in [5.41, 5.74) is 1.62. The molecule has 0 amide bonds. The van der Waals surface area contributed by atoms with Crippen LogP contribution in [0.3, 0.4) is 0 Å². The Morgan fingerprint density at radius 2 is 1.76 bits per heavy atom. The summed E-state index contributed by atoms with van der Waals surface area (Å²) in [5.74, 6) is 4.49. The zero-order chi connectivity index (χ0) is 15.6. The highest BCUT2D eigenvalue weighted by Gasteiger charge is 2.31. The largest absolute Gasteiger partial charge is 0.416 e. The first-order valence-electron chi connectivity index (χ1n) is 5.57. The number of nitrogens with zero attached hydrogens (tertiary/aromatic N) is 1. The Bertz CT molecular complexity index is 660. The quantitative estimate of drug-likeness (QED) is 0.310. The fourth-order valence-electron chi connectivity index (χ4n) is 1.56. The third-order valence-electron chi connectivity index (χ3n) is 2.49. The lowest BCUT2D eigenvalue weighted by Crippen LogP contribution is -2.13. The molecule has 9 heteroatoms. The van der Waals surface area contributed by atoms with Crippen LogP contribution in [0.5, 0.6) is 0 Å². The molecule has 0 saturated heterocycles. The zero-order valence-corrected chi connectivity index (χ0v) is 12.5. The van der Waals surface area contributed by atoms with E-state index >= 15 is 0 Å². The maximum atomic E-state index is 13.0. The smallest absolute Gasteiger partial charge is 0.339 e. The van der Waals surface area contributed by atoms with E-state index in [4.69, 9.17) is 5.84 Å². The molecule has 112 valence electrons. The summed E-state index contributed by atoms with van der Waals surface area (Å²) < 4.78 is 51.9. The Hall–Kier alpha value is -1.62.